The van der Waals surface area contributed by atoms with E-state index in [0.29, 0.717) is 15.8 Å². The Bertz CT molecular complexity index is 87.3. The fraction of sp³-hybridized carbons (Fsp3) is 1.00. The van der Waals surface area contributed by atoms with Gasteiger partial charge in [0.25, 0.3) is 0 Å². The van der Waals surface area contributed by atoms with Crippen molar-refractivity contribution in [3.8, 4) is 0 Å². The molecule has 1 rings (SSSR count). The van der Waals surface area contributed by atoms with Crippen LogP contribution in [0.5, 0.6) is 0 Å². The van der Waals surface area contributed by atoms with E-state index in [-0.39, 0.29) is 0 Å². The third-order valence-corrected chi connectivity index (χ3v) is 5.51. The molecule has 0 spiro atoms. The molecule has 0 aromatic rings. The van der Waals surface area contributed by atoms with E-state index in [9.17, 15) is 0 Å². The molecule has 1 N–H and O–H groups in total. The van der Waals surface area contributed by atoms with Crippen molar-refractivity contribution in [2.24, 2.45) is 0 Å². The first kappa shape index (κ1) is 8.61. The Labute approximate surface area is 70.6 Å². The molecule has 1 atom stereocenters. The molecular formula is C8H18AsN. The van der Waals surface area contributed by atoms with Crippen LogP contribution < -0.4 is 5.32 Å². The molecular weight excluding hydrogens is 185 g/mol. The predicted molar refractivity (Wildman–Crippen MR) is 48.1 cm³/mol. The van der Waals surface area contributed by atoms with Crippen molar-refractivity contribution >= 4 is 15.8 Å². The summed E-state index contributed by atoms with van der Waals surface area (Å²) in [4.78, 5) is 0. The van der Waals surface area contributed by atoms with Crippen LogP contribution in [0.1, 0.15) is 26.7 Å². The van der Waals surface area contributed by atoms with Crippen molar-refractivity contribution in [2.75, 3.05) is 13.1 Å². The Morgan fingerprint density at radius 3 is 2.40 bits per heavy atom. The second-order valence-corrected chi connectivity index (χ2v) is 8.18. The Kier molecular flexibility index (Phi) is 3.80. The quantitative estimate of drug-likeness (QED) is 0.669. The topological polar surface area (TPSA) is 12.0 Å². The minimum absolute atomic E-state index is 0.377. The van der Waals surface area contributed by atoms with Crippen LogP contribution in [0.2, 0.25) is 9.41 Å². The van der Waals surface area contributed by atoms with Crippen molar-refractivity contribution in [3.05, 3.63) is 0 Å². The van der Waals surface area contributed by atoms with Gasteiger partial charge in [0, 0.05) is 0 Å². The van der Waals surface area contributed by atoms with E-state index in [1.54, 1.807) is 0 Å². The molecule has 10 heavy (non-hydrogen) atoms. The fourth-order valence-corrected chi connectivity index (χ4v) is 4.74. The summed E-state index contributed by atoms with van der Waals surface area (Å²) in [6.45, 7) is 7.31. The minimum atomic E-state index is 0.377. The van der Waals surface area contributed by atoms with Gasteiger partial charge in [-0.05, 0) is 0 Å². The third-order valence-electron chi connectivity index (χ3n) is 1.91. The summed E-state index contributed by atoms with van der Waals surface area (Å²) in [6.07, 6.45) is 2.91. The molecule has 1 fully saturated rings. The molecule has 0 aliphatic carbocycles. The molecule has 1 nitrogen and oxygen atoms in total. The standard InChI is InChI=1S/C8H18AsN/c1-7(2)9-8-3-5-10-6-4-8/h7-10H,3-6H2,1-2H3. The molecule has 0 amide bonds. The Hall–Kier alpha value is 0.518. The zero-order valence-corrected chi connectivity index (χ0v) is 9.08. The number of piperidine rings is 1. The number of hydrogen-bond donors (Lipinski definition) is 1. The first-order chi connectivity index (χ1) is 4.79. The van der Waals surface area contributed by atoms with E-state index in [0.717, 1.165) is 9.41 Å². The Morgan fingerprint density at radius 2 is 1.90 bits per heavy atom. The monoisotopic (exact) mass is 203 g/mol. The maximum atomic E-state index is 3.41. The van der Waals surface area contributed by atoms with Gasteiger partial charge in [0.05, 0.1) is 0 Å². The van der Waals surface area contributed by atoms with Gasteiger partial charge < -0.3 is 0 Å². The van der Waals surface area contributed by atoms with Gasteiger partial charge in [0.1, 0.15) is 0 Å². The van der Waals surface area contributed by atoms with Gasteiger partial charge in [-0.3, -0.25) is 0 Å². The summed E-state index contributed by atoms with van der Waals surface area (Å²) in [6, 6.07) is 0. The van der Waals surface area contributed by atoms with Crippen LogP contribution in [0, 0.1) is 0 Å². The van der Waals surface area contributed by atoms with Crippen LogP contribution in [0.15, 0.2) is 0 Å². The van der Waals surface area contributed by atoms with Crippen molar-refractivity contribution < 1.29 is 0 Å². The van der Waals surface area contributed by atoms with E-state index in [2.05, 4.69) is 19.2 Å². The van der Waals surface area contributed by atoms with Crippen molar-refractivity contribution in [1.29, 1.82) is 0 Å². The number of nitrogens with one attached hydrogen (secondary N) is 1. The average Bonchev–Trinajstić information content (AvgIpc) is 1.88. The van der Waals surface area contributed by atoms with Gasteiger partial charge in [-0.1, -0.05) is 0 Å². The van der Waals surface area contributed by atoms with Crippen LogP contribution in [0.4, 0.5) is 0 Å². The summed E-state index contributed by atoms with van der Waals surface area (Å²) in [5, 5.41) is 3.41. The second kappa shape index (κ2) is 4.41. The molecule has 1 heterocycles. The van der Waals surface area contributed by atoms with Gasteiger partial charge in [-0.2, -0.15) is 0 Å². The molecule has 1 aliphatic rings. The van der Waals surface area contributed by atoms with Gasteiger partial charge in [0.15, 0.2) is 0 Å². The normalized spacial score (nSPS) is 23.1. The molecule has 0 radical (unpaired) electrons. The van der Waals surface area contributed by atoms with E-state index in [1.807, 2.05) is 0 Å². The SMILES string of the molecule is CC(C)[AsH]C1CCNCC1. The molecule has 0 aromatic carbocycles. The fourth-order valence-electron chi connectivity index (χ4n) is 1.46. The van der Waals surface area contributed by atoms with E-state index < -0.39 is 0 Å². The molecule has 2 heteroatoms. The van der Waals surface area contributed by atoms with E-state index in [1.165, 1.54) is 25.9 Å². The molecule has 1 aliphatic heterocycles. The zero-order chi connectivity index (χ0) is 7.40. The summed E-state index contributed by atoms with van der Waals surface area (Å²) in [5.74, 6) is 0. The number of hydrogen-bond acceptors (Lipinski definition) is 1. The van der Waals surface area contributed by atoms with Crippen LogP contribution >= 0.6 is 0 Å². The second-order valence-electron chi connectivity index (χ2n) is 3.35. The molecule has 60 valence electrons. The zero-order valence-electron chi connectivity index (χ0n) is 6.98. The molecule has 0 bridgehead atoms. The van der Waals surface area contributed by atoms with Crippen molar-refractivity contribution in [3.63, 3.8) is 0 Å². The average molecular weight is 203 g/mol. The van der Waals surface area contributed by atoms with Gasteiger partial charge in [-0.25, -0.2) is 0 Å². The maximum absolute atomic E-state index is 3.41. The predicted octanol–water partition coefficient (Wildman–Crippen LogP) is 1.42. The summed E-state index contributed by atoms with van der Waals surface area (Å²) >= 11 is 0.377. The first-order valence-electron chi connectivity index (χ1n) is 4.26. The molecule has 0 aromatic heterocycles. The third kappa shape index (κ3) is 3.07. The molecule has 0 saturated carbocycles. The molecule has 1 saturated heterocycles. The Morgan fingerprint density at radius 1 is 1.30 bits per heavy atom. The van der Waals surface area contributed by atoms with Crippen LogP contribution in [-0.4, -0.2) is 28.8 Å². The summed E-state index contributed by atoms with van der Waals surface area (Å²) in [5.41, 5.74) is 0. The van der Waals surface area contributed by atoms with Crippen molar-refractivity contribution in [2.45, 2.75) is 36.1 Å². The van der Waals surface area contributed by atoms with Crippen LogP contribution in [-0.2, 0) is 0 Å². The number of rotatable bonds is 2. The molecule has 1 unspecified atom stereocenters. The van der Waals surface area contributed by atoms with E-state index in [4.69, 9.17) is 0 Å². The van der Waals surface area contributed by atoms with E-state index >= 15 is 0 Å². The Balaban J connectivity index is 2.13. The summed E-state index contributed by atoms with van der Waals surface area (Å²) in [7, 11) is 0. The van der Waals surface area contributed by atoms with Gasteiger partial charge in [0.2, 0.25) is 0 Å². The first-order valence-corrected chi connectivity index (χ1v) is 6.68. The van der Waals surface area contributed by atoms with Crippen molar-refractivity contribution in [1.82, 2.24) is 5.32 Å². The summed E-state index contributed by atoms with van der Waals surface area (Å²) < 4.78 is 2.16. The van der Waals surface area contributed by atoms with Gasteiger partial charge in [-0.15, -0.1) is 0 Å². The van der Waals surface area contributed by atoms with Gasteiger partial charge >= 0.3 is 70.3 Å². The van der Waals surface area contributed by atoms with Crippen LogP contribution in [0.3, 0.4) is 0 Å². The van der Waals surface area contributed by atoms with Crippen LogP contribution in [0.25, 0.3) is 0 Å².